The van der Waals surface area contributed by atoms with Crippen LogP contribution >= 0.6 is 0 Å². The molecule has 0 amide bonds. The number of methoxy groups -OCH3 is 1. The molecule has 0 aromatic carbocycles. The van der Waals surface area contributed by atoms with Crippen LogP contribution in [0.2, 0.25) is 0 Å². The van der Waals surface area contributed by atoms with Gasteiger partial charge in [0.25, 0.3) is 0 Å². The summed E-state index contributed by atoms with van der Waals surface area (Å²) in [4.78, 5) is 11.1. The molecule has 1 aliphatic rings. The van der Waals surface area contributed by atoms with E-state index in [-0.39, 0.29) is 5.54 Å². The van der Waals surface area contributed by atoms with Crippen molar-refractivity contribution in [2.24, 2.45) is 0 Å². The number of likely N-dealkylation sites (N-methyl/N-ethyl adjacent to an activating group) is 1. The number of ether oxygens (including phenoxy) is 1. The van der Waals surface area contributed by atoms with Crippen LogP contribution in [0.15, 0.2) is 0 Å². The smallest absolute Gasteiger partial charge is 0.475 e. The highest BCUT2D eigenvalue weighted by atomic mass is 19.4. The van der Waals surface area contributed by atoms with Crippen molar-refractivity contribution >= 4 is 5.97 Å². The third kappa shape index (κ3) is 4.88. The molecular formula is C9H17F3N2O3. The number of carboxylic acids is 1. The molecule has 0 radical (unpaired) electrons. The van der Waals surface area contributed by atoms with Gasteiger partial charge in [-0.2, -0.15) is 13.2 Å². The molecule has 2 N–H and O–H groups in total. The standard InChI is InChI=1S/C7H16N2O.C2HF3O2/c1-9(2)7(6-10-3)4-8-5-7;3-2(4,5)1(6)7/h8H,4-6H2,1-3H3;(H,6,7). The van der Waals surface area contributed by atoms with E-state index >= 15 is 0 Å². The van der Waals surface area contributed by atoms with Gasteiger partial charge in [0.05, 0.1) is 12.1 Å². The van der Waals surface area contributed by atoms with Crippen LogP contribution in [-0.4, -0.2) is 68.6 Å². The number of hydrogen-bond donors (Lipinski definition) is 2. The first kappa shape index (κ1) is 16.1. The fraction of sp³-hybridized carbons (Fsp3) is 0.889. The molecular weight excluding hydrogens is 241 g/mol. The SMILES string of the molecule is COCC1(N(C)C)CNC1.O=C(O)C(F)(F)F. The van der Waals surface area contributed by atoms with Crippen molar-refractivity contribution < 1.29 is 27.8 Å². The Balaban J connectivity index is 0.000000325. The number of halogens is 3. The van der Waals surface area contributed by atoms with Crippen molar-refractivity contribution in [1.29, 1.82) is 0 Å². The molecule has 0 spiro atoms. The molecule has 5 nitrogen and oxygen atoms in total. The van der Waals surface area contributed by atoms with Crippen LogP contribution in [0.3, 0.4) is 0 Å². The van der Waals surface area contributed by atoms with Crippen LogP contribution in [0.4, 0.5) is 13.2 Å². The minimum absolute atomic E-state index is 0.273. The first-order valence-electron chi connectivity index (χ1n) is 4.83. The van der Waals surface area contributed by atoms with Crippen molar-refractivity contribution in [2.75, 3.05) is 40.9 Å². The Kier molecular flexibility index (Phi) is 5.86. The molecule has 0 bridgehead atoms. The Morgan fingerprint density at radius 2 is 1.88 bits per heavy atom. The van der Waals surface area contributed by atoms with Crippen molar-refractivity contribution in [3.05, 3.63) is 0 Å². The van der Waals surface area contributed by atoms with E-state index in [1.165, 1.54) is 0 Å². The highest BCUT2D eigenvalue weighted by Crippen LogP contribution is 2.17. The molecule has 0 aromatic rings. The molecule has 0 aliphatic carbocycles. The number of alkyl halides is 3. The summed E-state index contributed by atoms with van der Waals surface area (Å²) < 4.78 is 36.9. The molecule has 8 heteroatoms. The maximum absolute atomic E-state index is 10.6. The molecule has 1 saturated heterocycles. The van der Waals surface area contributed by atoms with Gasteiger partial charge in [0.2, 0.25) is 0 Å². The second-order valence-electron chi connectivity index (χ2n) is 3.96. The molecule has 0 aromatic heterocycles. The number of nitrogens with zero attached hydrogens (tertiary/aromatic N) is 1. The van der Waals surface area contributed by atoms with Crippen molar-refractivity contribution in [3.63, 3.8) is 0 Å². The second kappa shape index (κ2) is 6.18. The van der Waals surface area contributed by atoms with Gasteiger partial charge in [0.15, 0.2) is 0 Å². The summed E-state index contributed by atoms with van der Waals surface area (Å²) in [7, 11) is 5.95. The van der Waals surface area contributed by atoms with Crippen molar-refractivity contribution in [1.82, 2.24) is 10.2 Å². The lowest BCUT2D eigenvalue weighted by molar-refractivity contribution is -0.192. The zero-order valence-corrected chi connectivity index (χ0v) is 9.97. The molecule has 1 aliphatic heterocycles. The lowest BCUT2D eigenvalue weighted by Crippen LogP contribution is -2.69. The highest BCUT2D eigenvalue weighted by molar-refractivity contribution is 5.73. The van der Waals surface area contributed by atoms with Gasteiger partial charge in [-0.25, -0.2) is 4.79 Å². The number of nitrogens with one attached hydrogen (secondary N) is 1. The fourth-order valence-corrected chi connectivity index (χ4v) is 1.23. The molecule has 0 unspecified atom stereocenters. The minimum atomic E-state index is -5.08. The van der Waals surface area contributed by atoms with E-state index in [4.69, 9.17) is 14.6 Å². The minimum Gasteiger partial charge on any atom is -0.475 e. The van der Waals surface area contributed by atoms with Gasteiger partial charge in [0, 0.05) is 20.2 Å². The average molecular weight is 258 g/mol. The van der Waals surface area contributed by atoms with Crippen molar-refractivity contribution in [3.8, 4) is 0 Å². The Morgan fingerprint density at radius 1 is 1.47 bits per heavy atom. The van der Waals surface area contributed by atoms with E-state index in [2.05, 4.69) is 24.3 Å². The normalized spacial score (nSPS) is 18.1. The molecule has 1 heterocycles. The summed E-state index contributed by atoms with van der Waals surface area (Å²) in [5.41, 5.74) is 0.273. The Morgan fingerprint density at radius 3 is 1.94 bits per heavy atom. The maximum atomic E-state index is 10.6. The average Bonchev–Trinajstić information content (AvgIpc) is 2.10. The number of aliphatic carboxylic acids is 1. The van der Waals surface area contributed by atoms with Gasteiger partial charge in [-0.3, -0.25) is 4.90 Å². The van der Waals surface area contributed by atoms with Gasteiger partial charge >= 0.3 is 12.1 Å². The third-order valence-corrected chi connectivity index (χ3v) is 2.51. The predicted octanol–water partition coefficient (Wildman–Crippen LogP) is 0.170. The van der Waals surface area contributed by atoms with E-state index in [9.17, 15) is 13.2 Å². The van der Waals surface area contributed by atoms with Crippen LogP contribution in [-0.2, 0) is 9.53 Å². The highest BCUT2D eigenvalue weighted by Gasteiger charge is 2.39. The number of rotatable bonds is 3. The largest absolute Gasteiger partial charge is 0.490 e. The molecule has 1 rings (SSSR count). The summed E-state index contributed by atoms with van der Waals surface area (Å²) in [6.07, 6.45) is -5.08. The van der Waals surface area contributed by atoms with Crippen molar-refractivity contribution in [2.45, 2.75) is 11.7 Å². The monoisotopic (exact) mass is 258 g/mol. The molecule has 102 valence electrons. The number of carbonyl (C=O) groups is 1. The molecule has 1 fully saturated rings. The quantitative estimate of drug-likeness (QED) is 0.755. The molecule has 0 saturated carbocycles. The van der Waals surface area contributed by atoms with Crippen LogP contribution < -0.4 is 5.32 Å². The van der Waals surface area contributed by atoms with E-state index in [1.54, 1.807) is 7.11 Å². The van der Waals surface area contributed by atoms with Crippen LogP contribution in [0.1, 0.15) is 0 Å². The third-order valence-electron chi connectivity index (χ3n) is 2.51. The summed E-state index contributed by atoms with van der Waals surface area (Å²) in [5, 5.41) is 10.4. The predicted molar refractivity (Wildman–Crippen MR) is 54.9 cm³/mol. The summed E-state index contributed by atoms with van der Waals surface area (Å²) in [6, 6.07) is 0. The van der Waals surface area contributed by atoms with Gasteiger partial charge in [-0.15, -0.1) is 0 Å². The van der Waals surface area contributed by atoms with Crippen LogP contribution in [0, 0.1) is 0 Å². The molecule has 17 heavy (non-hydrogen) atoms. The van der Waals surface area contributed by atoms with Crippen LogP contribution in [0.5, 0.6) is 0 Å². The zero-order valence-electron chi connectivity index (χ0n) is 9.97. The topological polar surface area (TPSA) is 61.8 Å². The first-order valence-corrected chi connectivity index (χ1v) is 4.83. The Bertz CT molecular complexity index is 252. The van der Waals surface area contributed by atoms with Crippen LogP contribution in [0.25, 0.3) is 0 Å². The van der Waals surface area contributed by atoms with Gasteiger partial charge < -0.3 is 15.2 Å². The Labute approximate surface area is 97.5 Å². The summed E-state index contributed by atoms with van der Waals surface area (Å²) >= 11 is 0. The van der Waals surface area contributed by atoms with Gasteiger partial charge in [-0.05, 0) is 14.1 Å². The van der Waals surface area contributed by atoms with E-state index in [1.807, 2.05) is 0 Å². The Hall–Kier alpha value is -0.860. The zero-order chi connectivity index (χ0) is 13.7. The summed E-state index contributed by atoms with van der Waals surface area (Å²) in [5.74, 6) is -2.76. The van der Waals surface area contributed by atoms with Gasteiger partial charge in [-0.1, -0.05) is 0 Å². The van der Waals surface area contributed by atoms with E-state index < -0.39 is 12.1 Å². The lowest BCUT2D eigenvalue weighted by atomic mass is 9.92. The molecule has 0 atom stereocenters. The lowest BCUT2D eigenvalue weighted by Gasteiger charge is -2.47. The van der Waals surface area contributed by atoms with Gasteiger partial charge in [0.1, 0.15) is 0 Å². The number of carboxylic acid groups (broad SMARTS) is 1. The maximum Gasteiger partial charge on any atom is 0.490 e. The fourth-order valence-electron chi connectivity index (χ4n) is 1.23. The van der Waals surface area contributed by atoms with E-state index in [0.717, 1.165) is 19.7 Å². The first-order chi connectivity index (χ1) is 7.65. The second-order valence-corrected chi connectivity index (χ2v) is 3.96. The summed E-state index contributed by atoms with van der Waals surface area (Å²) in [6.45, 7) is 2.93. The van der Waals surface area contributed by atoms with E-state index in [0.29, 0.717) is 0 Å². The number of hydrogen-bond acceptors (Lipinski definition) is 4.